The average molecular weight is 409 g/mol. The fraction of sp³-hybridized carbons (Fsp3) is 0.667. The smallest absolute Gasteiger partial charge is 0.233 e. The molecule has 1 aliphatic rings. The molecule has 7 nitrogen and oxygen atoms in total. The number of nitrogens with one attached hydrogen (secondary N) is 1. The number of carbonyl (C=O) groups excluding carboxylic acids is 1. The molecule has 1 amide bonds. The number of nitrogens with zero attached hydrogens (tertiary/aromatic N) is 5. The molecule has 1 unspecified atom stereocenters. The zero-order valence-corrected chi connectivity index (χ0v) is 18.1. The fourth-order valence-corrected chi connectivity index (χ4v) is 4.80. The van der Waals surface area contributed by atoms with E-state index in [1.807, 2.05) is 15.7 Å². The van der Waals surface area contributed by atoms with E-state index in [-0.39, 0.29) is 17.4 Å². The Labute approximate surface area is 169 Å². The Kier molecular flexibility index (Phi) is 6.10. The topological polar surface area (TPSA) is 71.7 Å². The molecule has 0 saturated carbocycles. The van der Waals surface area contributed by atoms with Crippen molar-refractivity contribution in [3.63, 3.8) is 0 Å². The van der Waals surface area contributed by atoms with E-state index >= 15 is 0 Å². The Balaban J connectivity index is 1.64. The van der Waals surface area contributed by atoms with Crippen molar-refractivity contribution in [1.82, 2.24) is 29.2 Å². The van der Waals surface area contributed by atoms with Gasteiger partial charge in [-0.2, -0.15) is 5.10 Å². The van der Waals surface area contributed by atoms with Gasteiger partial charge in [-0.25, -0.2) is 4.98 Å². The first-order valence-corrected chi connectivity index (χ1v) is 10.8. The average Bonchev–Trinajstić information content (AvgIpc) is 3.25. The Hall–Kier alpha value is -1.61. The third kappa shape index (κ3) is 4.45. The molecule has 0 bridgehead atoms. The predicted molar refractivity (Wildman–Crippen MR) is 110 cm³/mol. The summed E-state index contributed by atoms with van der Waals surface area (Å²) in [6, 6.07) is 0. The minimum absolute atomic E-state index is 0.0479. The van der Waals surface area contributed by atoms with Gasteiger partial charge in [-0.15, -0.1) is 0 Å². The van der Waals surface area contributed by atoms with Crippen molar-refractivity contribution in [3.8, 4) is 0 Å². The van der Waals surface area contributed by atoms with Gasteiger partial charge in [0, 0.05) is 43.5 Å². The van der Waals surface area contributed by atoms with Crippen LogP contribution in [0.3, 0.4) is 0 Å². The zero-order chi connectivity index (χ0) is 19.6. The second-order valence-corrected chi connectivity index (χ2v) is 9.18. The molecule has 27 heavy (non-hydrogen) atoms. The molecule has 2 aromatic rings. The maximum atomic E-state index is 12.8. The van der Waals surface area contributed by atoms with Crippen LogP contribution >= 0.6 is 24.0 Å². The number of hydrogen-bond acceptors (Lipinski definition) is 5. The molecule has 1 N–H and O–H groups in total. The summed E-state index contributed by atoms with van der Waals surface area (Å²) in [5.41, 5.74) is -0.0479. The first-order valence-electron chi connectivity index (χ1n) is 9.40. The standard InChI is InChI=1S/C18H28N6OS2/c1-5-23-15(20-21-16(23)26)13-7-6-9-22(11-13)14(25)12-27-17-19-8-10-24(17)18(2,3)4/h8,10,13H,5-7,9,11-12H2,1-4H3,(H,21,26). The van der Waals surface area contributed by atoms with Crippen LogP contribution in [0.1, 0.15) is 52.3 Å². The molecular weight excluding hydrogens is 380 g/mol. The Bertz CT molecular complexity index is 847. The summed E-state index contributed by atoms with van der Waals surface area (Å²) in [4.78, 5) is 19.2. The number of rotatable bonds is 5. The molecule has 1 saturated heterocycles. The molecule has 0 aliphatic carbocycles. The number of H-pyrrole nitrogens is 1. The lowest BCUT2D eigenvalue weighted by molar-refractivity contribution is -0.129. The van der Waals surface area contributed by atoms with Crippen LogP contribution in [-0.2, 0) is 16.9 Å². The van der Waals surface area contributed by atoms with Gasteiger partial charge in [0.25, 0.3) is 0 Å². The van der Waals surface area contributed by atoms with E-state index in [2.05, 4.69) is 47.4 Å². The van der Waals surface area contributed by atoms with Gasteiger partial charge in [0.15, 0.2) is 9.93 Å². The van der Waals surface area contributed by atoms with Crippen LogP contribution in [0.2, 0.25) is 0 Å². The summed E-state index contributed by atoms with van der Waals surface area (Å²) in [6.45, 7) is 10.8. The molecule has 0 radical (unpaired) electrons. The molecule has 1 atom stereocenters. The number of carbonyl (C=O) groups is 1. The zero-order valence-electron chi connectivity index (χ0n) is 16.4. The van der Waals surface area contributed by atoms with Crippen molar-refractivity contribution in [3.05, 3.63) is 23.0 Å². The lowest BCUT2D eigenvalue weighted by Crippen LogP contribution is -2.40. The molecule has 0 spiro atoms. The van der Waals surface area contributed by atoms with Crippen LogP contribution in [0.4, 0.5) is 0 Å². The van der Waals surface area contributed by atoms with Gasteiger partial charge in [0.2, 0.25) is 5.91 Å². The summed E-state index contributed by atoms with van der Waals surface area (Å²) in [7, 11) is 0. The third-order valence-corrected chi connectivity index (χ3v) is 6.16. The number of piperidine rings is 1. The lowest BCUT2D eigenvalue weighted by atomic mass is 9.97. The second kappa shape index (κ2) is 8.18. The number of amides is 1. The molecule has 3 rings (SSSR count). The largest absolute Gasteiger partial charge is 0.341 e. The molecular formula is C18H28N6OS2. The summed E-state index contributed by atoms with van der Waals surface area (Å²) in [6.07, 6.45) is 5.78. The van der Waals surface area contributed by atoms with E-state index in [1.54, 1.807) is 6.20 Å². The van der Waals surface area contributed by atoms with Crippen molar-refractivity contribution in [2.45, 2.75) is 63.7 Å². The molecule has 9 heteroatoms. The Morgan fingerprint density at radius 2 is 2.22 bits per heavy atom. The number of aromatic nitrogens is 5. The molecule has 0 aromatic carbocycles. The highest BCUT2D eigenvalue weighted by atomic mass is 32.2. The van der Waals surface area contributed by atoms with Crippen molar-refractivity contribution in [1.29, 1.82) is 0 Å². The minimum Gasteiger partial charge on any atom is -0.341 e. The number of thioether (sulfide) groups is 1. The van der Waals surface area contributed by atoms with Gasteiger partial charge in [-0.05, 0) is 52.8 Å². The van der Waals surface area contributed by atoms with E-state index in [4.69, 9.17) is 12.2 Å². The first-order chi connectivity index (χ1) is 12.8. The summed E-state index contributed by atoms with van der Waals surface area (Å²) in [5, 5.41) is 8.19. The predicted octanol–water partition coefficient (Wildman–Crippen LogP) is 3.41. The summed E-state index contributed by atoms with van der Waals surface area (Å²) < 4.78 is 4.80. The van der Waals surface area contributed by atoms with Crippen LogP contribution in [-0.4, -0.2) is 54.0 Å². The van der Waals surface area contributed by atoms with Crippen molar-refractivity contribution in [2.75, 3.05) is 18.8 Å². The van der Waals surface area contributed by atoms with Gasteiger partial charge in [0.1, 0.15) is 5.82 Å². The van der Waals surface area contributed by atoms with Crippen molar-refractivity contribution in [2.24, 2.45) is 0 Å². The molecule has 1 fully saturated rings. The minimum atomic E-state index is -0.0479. The van der Waals surface area contributed by atoms with Crippen molar-refractivity contribution >= 4 is 29.9 Å². The van der Waals surface area contributed by atoms with Gasteiger partial charge in [-0.3, -0.25) is 9.89 Å². The summed E-state index contributed by atoms with van der Waals surface area (Å²) >= 11 is 6.81. The highest BCUT2D eigenvalue weighted by Crippen LogP contribution is 2.28. The van der Waals surface area contributed by atoms with Gasteiger partial charge < -0.3 is 14.0 Å². The van der Waals surface area contributed by atoms with Gasteiger partial charge in [0.05, 0.1) is 5.75 Å². The molecule has 2 aromatic heterocycles. The second-order valence-electron chi connectivity index (χ2n) is 7.85. The molecule has 148 valence electrons. The van der Waals surface area contributed by atoms with Gasteiger partial charge in [-0.1, -0.05) is 11.8 Å². The van der Waals surface area contributed by atoms with E-state index in [9.17, 15) is 4.79 Å². The Morgan fingerprint density at radius 3 is 2.93 bits per heavy atom. The van der Waals surface area contributed by atoms with E-state index < -0.39 is 0 Å². The van der Waals surface area contributed by atoms with E-state index in [1.165, 1.54) is 11.8 Å². The molecule has 1 aliphatic heterocycles. The van der Waals surface area contributed by atoms with Crippen LogP contribution in [0, 0.1) is 4.77 Å². The lowest BCUT2D eigenvalue weighted by Gasteiger charge is -2.32. The van der Waals surface area contributed by atoms with E-state index in [0.29, 0.717) is 17.1 Å². The third-order valence-electron chi connectivity index (χ3n) is 4.90. The summed E-state index contributed by atoms with van der Waals surface area (Å²) in [5.74, 6) is 1.76. The van der Waals surface area contributed by atoms with Gasteiger partial charge >= 0.3 is 0 Å². The number of likely N-dealkylation sites (tertiary alicyclic amines) is 1. The monoisotopic (exact) mass is 408 g/mol. The molecule has 3 heterocycles. The maximum Gasteiger partial charge on any atom is 0.233 e. The number of imidazole rings is 1. The normalized spacial score (nSPS) is 18.1. The van der Waals surface area contributed by atoms with Crippen LogP contribution in [0.15, 0.2) is 17.6 Å². The SMILES string of the molecule is CCn1c(C2CCCN(C(=O)CSc3nccn3C(C)(C)C)C2)n[nH]c1=S. The van der Waals surface area contributed by atoms with E-state index in [0.717, 1.165) is 36.9 Å². The highest BCUT2D eigenvalue weighted by Gasteiger charge is 2.28. The Morgan fingerprint density at radius 1 is 1.44 bits per heavy atom. The number of hydrogen-bond donors (Lipinski definition) is 1. The van der Waals surface area contributed by atoms with Crippen LogP contribution in [0.25, 0.3) is 0 Å². The van der Waals surface area contributed by atoms with Crippen LogP contribution < -0.4 is 0 Å². The quantitative estimate of drug-likeness (QED) is 0.606. The first kappa shape index (κ1) is 20.1. The number of aromatic amines is 1. The van der Waals surface area contributed by atoms with Crippen LogP contribution in [0.5, 0.6) is 0 Å². The fourth-order valence-electron chi connectivity index (χ4n) is 3.49. The van der Waals surface area contributed by atoms with Crippen molar-refractivity contribution < 1.29 is 4.79 Å². The maximum absolute atomic E-state index is 12.8. The highest BCUT2D eigenvalue weighted by molar-refractivity contribution is 7.99.